The number of amides is 2. The SMILES string of the molecule is C=CC(=O)N(C)CCOc1cnccc1-c1ccc(CNC(=O)c2noc(C(C)(C)C)n2)c(C)c1. The van der Waals surface area contributed by atoms with Crippen molar-refractivity contribution in [2.75, 3.05) is 20.2 Å². The Labute approximate surface area is 205 Å². The molecule has 3 aromatic rings. The number of aryl methyl sites for hydroxylation is 1. The highest BCUT2D eigenvalue weighted by Gasteiger charge is 2.24. The van der Waals surface area contributed by atoms with Crippen LogP contribution in [-0.4, -0.2) is 52.0 Å². The monoisotopic (exact) mass is 477 g/mol. The van der Waals surface area contributed by atoms with E-state index in [2.05, 4.69) is 27.0 Å². The standard InChI is InChI=1S/C26H31N5O4/c1-7-22(32)31(6)12-13-34-21-16-27-11-10-20(21)18-8-9-19(17(2)14-18)15-28-24(33)23-29-25(35-30-23)26(3,4)5/h7-11,14,16H,1,12-13,15H2,2-6H3,(H,28,33). The summed E-state index contributed by atoms with van der Waals surface area (Å²) in [7, 11) is 1.70. The topological polar surface area (TPSA) is 110 Å². The zero-order chi connectivity index (χ0) is 25.6. The molecule has 9 nitrogen and oxygen atoms in total. The molecule has 0 saturated heterocycles. The molecule has 0 spiro atoms. The van der Waals surface area contributed by atoms with Crippen molar-refractivity contribution in [1.29, 1.82) is 0 Å². The van der Waals surface area contributed by atoms with Crippen LogP contribution >= 0.6 is 0 Å². The number of likely N-dealkylation sites (N-methyl/N-ethyl adjacent to an activating group) is 1. The van der Waals surface area contributed by atoms with E-state index in [1.54, 1.807) is 19.4 Å². The minimum absolute atomic E-state index is 0.0169. The van der Waals surface area contributed by atoms with Gasteiger partial charge in [-0.2, -0.15) is 4.98 Å². The van der Waals surface area contributed by atoms with Gasteiger partial charge in [0.05, 0.1) is 12.7 Å². The molecule has 0 unspecified atom stereocenters. The summed E-state index contributed by atoms with van der Waals surface area (Å²) in [5, 5.41) is 6.63. The summed E-state index contributed by atoms with van der Waals surface area (Å²) >= 11 is 0. The highest BCUT2D eigenvalue weighted by Crippen LogP contribution is 2.30. The van der Waals surface area contributed by atoms with Crippen LogP contribution in [0.4, 0.5) is 0 Å². The lowest BCUT2D eigenvalue weighted by molar-refractivity contribution is -0.125. The molecule has 0 radical (unpaired) electrons. The second-order valence-corrected chi connectivity index (χ2v) is 9.18. The van der Waals surface area contributed by atoms with Crippen LogP contribution in [0.5, 0.6) is 5.75 Å². The molecule has 35 heavy (non-hydrogen) atoms. The molecule has 1 N–H and O–H groups in total. The third-order valence-electron chi connectivity index (χ3n) is 5.38. The van der Waals surface area contributed by atoms with Crippen LogP contribution in [0.3, 0.4) is 0 Å². The van der Waals surface area contributed by atoms with Crippen LogP contribution in [0.15, 0.2) is 53.8 Å². The van der Waals surface area contributed by atoms with Crippen molar-refractivity contribution in [3.63, 3.8) is 0 Å². The minimum atomic E-state index is -0.391. The third kappa shape index (κ3) is 6.53. The zero-order valence-electron chi connectivity index (χ0n) is 20.8. The summed E-state index contributed by atoms with van der Waals surface area (Å²) < 4.78 is 11.1. The van der Waals surface area contributed by atoms with Crippen LogP contribution < -0.4 is 10.1 Å². The molecular formula is C26H31N5O4. The highest BCUT2D eigenvalue weighted by molar-refractivity contribution is 5.90. The van der Waals surface area contributed by atoms with E-state index in [9.17, 15) is 9.59 Å². The van der Waals surface area contributed by atoms with Crippen molar-refractivity contribution in [1.82, 2.24) is 25.3 Å². The van der Waals surface area contributed by atoms with Crippen LogP contribution in [0.25, 0.3) is 11.1 Å². The van der Waals surface area contributed by atoms with Crippen molar-refractivity contribution < 1.29 is 18.8 Å². The predicted octanol–water partition coefficient (Wildman–Crippen LogP) is 3.69. The second kappa shape index (κ2) is 10.9. The molecule has 2 aromatic heterocycles. The van der Waals surface area contributed by atoms with Crippen LogP contribution in [0.2, 0.25) is 0 Å². The van der Waals surface area contributed by atoms with Gasteiger partial charge in [0.25, 0.3) is 11.7 Å². The summed E-state index contributed by atoms with van der Waals surface area (Å²) in [5.74, 6) is 0.504. The summed E-state index contributed by atoms with van der Waals surface area (Å²) in [6.45, 7) is 12.4. The maximum absolute atomic E-state index is 12.5. The number of carbonyl (C=O) groups is 2. The first-order valence-electron chi connectivity index (χ1n) is 11.3. The Morgan fingerprint density at radius 3 is 2.69 bits per heavy atom. The first kappa shape index (κ1) is 25.6. The molecule has 0 atom stereocenters. The van der Waals surface area contributed by atoms with Gasteiger partial charge in [-0.15, -0.1) is 0 Å². The number of carbonyl (C=O) groups excluding carboxylic acids is 2. The van der Waals surface area contributed by atoms with Gasteiger partial charge in [-0.1, -0.05) is 50.7 Å². The lowest BCUT2D eigenvalue weighted by Gasteiger charge is -2.17. The van der Waals surface area contributed by atoms with E-state index in [0.717, 1.165) is 22.3 Å². The average molecular weight is 478 g/mol. The van der Waals surface area contributed by atoms with E-state index in [-0.39, 0.29) is 17.1 Å². The number of rotatable bonds is 9. The van der Waals surface area contributed by atoms with Gasteiger partial charge >= 0.3 is 0 Å². The number of nitrogens with zero attached hydrogens (tertiary/aromatic N) is 4. The number of ether oxygens (including phenoxy) is 1. The summed E-state index contributed by atoms with van der Waals surface area (Å²) in [4.78, 5) is 34.0. The number of pyridine rings is 1. The van der Waals surface area contributed by atoms with Crippen molar-refractivity contribution in [2.45, 2.75) is 39.7 Å². The lowest BCUT2D eigenvalue weighted by Crippen LogP contribution is -2.29. The van der Waals surface area contributed by atoms with Crippen LogP contribution in [0.1, 0.15) is 48.4 Å². The molecule has 2 amide bonds. The third-order valence-corrected chi connectivity index (χ3v) is 5.38. The number of hydrogen-bond acceptors (Lipinski definition) is 7. The Balaban J connectivity index is 1.66. The van der Waals surface area contributed by atoms with Gasteiger partial charge in [-0.3, -0.25) is 14.6 Å². The van der Waals surface area contributed by atoms with E-state index < -0.39 is 5.91 Å². The Kier molecular flexibility index (Phi) is 8.01. The molecule has 2 heterocycles. The molecule has 184 valence electrons. The van der Waals surface area contributed by atoms with Gasteiger partial charge < -0.3 is 19.5 Å². The Bertz CT molecular complexity index is 1210. The first-order valence-corrected chi connectivity index (χ1v) is 11.3. The molecule has 9 heteroatoms. The predicted molar refractivity (Wildman–Crippen MR) is 132 cm³/mol. The van der Waals surface area contributed by atoms with Gasteiger partial charge in [0, 0.05) is 30.8 Å². The molecule has 1 aromatic carbocycles. The number of aromatic nitrogens is 3. The fraction of sp³-hybridized carbons (Fsp3) is 0.346. The van der Waals surface area contributed by atoms with Crippen molar-refractivity contribution in [3.8, 4) is 16.9 Å². The first-order chi connectivity index (χ1) is 16.6. The van der Waals surface area contributed by atoms with E-state index in [1.165, 1.54) is 11.0 Å². The van der Waals surface area contributed by atoms with Crippen molar-refractivity contribution >= 4 is 11.8 Å². The Hall–Kier alpha value is -4.01. The fourth-order valence-electron chi connectivity index (χ4n) is 3.23. The summed E-state index contributed by atoms with van der Waals surface area (Å²) in [6.07, 6.45) is 4.63. The lowest BCUT2D eigenvalue weighted by atomic mass is 9.97. The molecular weight excluding hydrogens is 446 g/mol. The second-order valence-electron chi connectivity index (χ2n) is 9.18. The number of hydrogen-bond donors (Lipinski definition) is 1. The molecule has 0 fully saturated rings. The van der Waals surface area contributed by atoms with Gasteiger partial charge in [0.2, 0.25) is 11.8 Å². The van der Waals surface area contributed by atoms with Crippen LogP contribution in [-0.2, 0) is 16.8 Å². The number of nitrogens with one attached hydrogen (secondary N) is 1. The van der Waals surface area contributed by atoms with Crippen molar-refractivity contribution in [2.24, 2.45) is 0 Å². The minimum Gasteiger partial charge on any atom is -0.489 e. The van der Waals surface area contributed by atoms with Crippen LogP contribution in [0, 0.1) is 6.92 Å². The maximum atomic E-state index is 12.5. The van der Waals surface area contributed by atoms with E-state index in [1.807, 2.05) is 52.0 Å². The Morgan fingerprint density at radius 1 is 1.26 bits per heavy atom. The molecule has 0 aliphatic carbocycles. The molecule has 0 aliphatic heterocycles. The Morgan fingerprint density at radius 2 is 2.03 bits per heavy atom. The molecule has 0 saturated carbocycles. The smallest absolute Gasteiger partial charge is 0.292 e. The molecule has 0 aliphatic rings. The van der Waals surface area contributed by atoms with Gasteiger partial charge in [0.15, 0.2) is 0 Å². The molecule has 0 bridgehead atoms. The summed E-state index contributed by atoms with van der Waals surface area (Å²) in [5.41, 5.74) is 3.48. The average Bonchev–Trinajstić information content (AvgIpc) is 3.34. The summed E-state index contributed by atoms with van der Waals surface area (Å²) in [6, 6.07) is 7.84. The highest BCUT2D eigenvalue weighted by atomic mass is 16.5. The largest absolute Gasteiger partial charge is 0.489 e. The van der Waals surface area contributed by atoms with Gasteiger partial charge in [0.1, 0.15) is 12.4 Å². The quantitative estimate of drug-likeness (QED) is 0.468. The van der Waals surface area contributed by atoms with E-state index >= 15 is 0 Å². The van der Waals surface area contributed by atoms with Crippen molar-refractivity contribution in [3.05, 3.63) is 72.2 Å². The van der Waals surface area contributed by atoms with Gasteiger partial charge in [-0.25, -0.2) is 0 Å². The normalized spacial score (nSPS) is 11.1. The maximum Gasteiger partial charge on any atom is 0.292 e. The fourth-order valence-corrected chi connectivity index (χ4v) is 3.23. The zero-order valence-corrected chi connectivity index (χ0v) is 20.8. The van der Waals surface area contributed by atoms with E-state index in [0.29, 0.717) is 31.3 Å². The van der Waals surface area contributed by atoms with Gasteiger partial charge in [-0.05, 0) is 35.8 Å². The molecule has 3 rings (SSSR count). The van der Waals surface area contributed by atoms with E-state index in [4.69, 9.17) is 9.26 Å². The number of benzene rings is 1.